The Morgan fingerprint density at radius 2 is 1.69 bits per heavy atom. The highest BCUT2D eigenvalue weighted by molar-refractivity contribution is 6.46. The molecular formula is C23H21NO5. The van der Waals surface area contributed by atoms with E-state index in [2.05, 4.69) is 13.2 Å². The number of aliphatic hydroxyl groups is 1. The van der Waals surface area contributed by atoms with E-state index in [0.717, 1.165) is 0 Å². The van der Waals surface area contributed by atoms with Crippen LogP contribution >= 0.6 is 0 Å². The van der Waals surface area contributed by atoms with E-state index < -0.39 is 17.7 Å². The van der Waals surface area contributed by atoms with Crippen molar-refractivity contribution in [2.75, 3.05) is 13.2 Å². The van der Waals surface area contributed by atoms with E-state index in [0.29, 0.717) is 23.5 Å². The van der Waals surface area contributed by atoms with Gasteiger partial charge in [-0.1, -0.05) is 30.9 Å². The zero-order chi connectivity index (χ0) is 21.0. The Kier molecular flexibility index (Phi) is 5.83. The minimum atomic E-state index is -0.787. The fourth-order valence-electron chi connectivity index (χ4n) is 3.23. The lowest BCUT2D eigenvalue weighted by molar-refractivity contribution is -0.139. The molecule has 1 aliphatic rings. The van der Waals surface area contributed by atoms with Gasteiger partial charge in [0.05, 0.1) is 11.6 Å². The molecule has 6 heteroatoms. The van der Waals surface area contributed by atoms with Gasteiger partial charge in [0.15, 0.2) is 0 Å². The van der Waals surface area contributed by atoms with Gasteiger partial charge in [-0.2, -0.15) is 0 Å². The Hall–Kier alpha value is -3.80. The lowest BCUT2D eigenvalue weighted by Crippen LogP contribution is -2.29. The predicted octanol–water partition coefficient (Wildman–Crippen LogP) is 3.56. The van der Waals surface area contributed by atoms with E-state index in [1.807, 2.05) is 0 Å². The molecule has 1 heterocycles. The summed E-state index contributed by atoms with van der Waals surface area (Å²) in [4.78, 5) is 26.6. The maximum absolute atomic E-state index is 12.7. The first kappa shape index (κ1) is 19.9. The van der Waals surface area contributed by atoms with Crippen molar-refractivity contribution >= 4 is 17.4 Å². The Bertz CT molecular complexity index is 973. The van der Waals surface area contributed by atoms with Gasteiger partial charge in [-0.25, -0.2) is 0 Å². The maximum Gasteiger partial charge on any atom is 0.295 e. The number of carbonyl (C=O) groups excluding carboxylic acids is 2. The zero-order valence-corrected chi connectivity index (χ0v) is 15.7. The molecule has 2 N–H and O–H groups in total. The summed E-state index contributed by atoms with van der Waals surface area (Å²) in [5.41, 5.74) is 0.968. The van der Waals surface area contributed by atoms with Gasteiger partial charge in [-0.15, -0.1) is 6.58 Å². The number of benzene rings is 2. The highest BCUT2D eigenvalue weighted by Gasteiger charge is 2.45. The second kappa shape index (κ2) is 8.48. The number of nitrogens with zero attached hydrogens (tertiary/aromatic N) is 1. The van der Waals surface area contributed by atoms with Crippen LogP contribution in [0.3, 0.4) is 0 Å². The fraction of sp³-hybridized carbons (Fsp3) is 0.130. The molecule has 148 valence electrons. The summed E-state index contributed by atoms with van der Waals surface area (Å²) in [5, 5.41) is 20.5. The molecule has 0 aromatic heterocycles. The number of amides is 1. The Balaban J connectivity index is 2.08. The molecule has 1 fully saturated rings. The maximum atomic E-state index is 12.7. The quantitative estimate of drug-likeness (QED) is 0.326. The average molecular weight is 391 g/mol. The monoisotopic (exact) mass is 391 g/mol. The molecule has 0 aliphatic carbocycles. The van der Waals surface area contributed by atoms with Crippen molar-refractivity contribution in [1.82, 2.24) is 4.90 Å². The van der Waals surface area contributed by atoms with E-state index in [1.165, 1.54) is 23.1 Å². The molecular weight excluding hydrogens is 370 g/mol. The summed E-state index contributed by atoms with van der Waals surface area (Å²) in [6, 6.07) is 11.9. The van der Waals surface area contributed by atoms with Crippen LogP contribution in [0.25, 0.3) is 5.76 Å². The number of ketones is 1. The molecule has 0 saturated carbocycles. The molecule has 2 aromatic carbocycles. The standard InChI is InChI=1S/C23H21NO5/c1-3-13-24-20(15-5-9-17(25)10-6-15)19(22(27)23(24)28)21(26)16-7-11-18(12-8-16)29-14-4-2/h3-12,20,25-26H,1-2,13-14H2/t20-/m0/s1. The summed E-state index contributed by atoms with van der Waals surface area (Å²) in [5.74, 6) is -1.11. The number of aromatic hydroxyl groups is 1. The molecule has 1 saturated heterocycles. The Morgan fingerprint density at radius 3 is 2.28 bits per heavy atom. The number of phenols is 1. The third-order valence-electron chi connectivity index (χ3n) is 4.57. The normalized spacial score (nSPS) is 17.9. The van der Waals surface area contributed by atoms with E-state index in [-0.39, 0.29) is 23.6 Å². The van der Waals surface area contributed by atoms with Crippen LogP contribution in [0.2, 0.25) is 0 Å². The lowest BCUT2D eigenvalue weighted by atomic mass is 9.95. The van der Waals surface area contributed by atoms with Gasteiger partial charge in [0, 0.05) is 12.1 Å². The number of aliphatic hydroxyl groups excluding tert-OH is 1. The van der Waals surface area contributed by atoms with Crippen LogP contribution in [0.4, 0.5) is 0 Å². The van der Waals surface area contributed by atoms with Crippen molar-refractivity contribution in [3.63, 3.8) is 0 Å². The van der Waals surface area contributed by atoms with E-state index in [1.54, 1.807) is 42.5 Å². The van der Waals surface area contributed by atoms with E-state index >= 15 is 0 Å². The van der Waals surface area contributed by atoms with Gasteiger partial charge < -0.3 is 19.8 Å². The van der Waals surface area contributed by atoms with Crippen molar-refractivity contribution in [3.05, 3.63) is 90.5 Å². The number of hydrogen-bond acceptors (Lipinski definition) is 5. The van der Waals surface area contributed by atoms with E-state index in [9.17, 15) is 19.8 Å². The summed E-state index contributed by atoms with van der Waals surface area (Å²) in [7, 11) is 0. The lowest BCUT2D eigenvalue weighted by Gasteiger charge is -2.24. The van der Waals surface area contributed by atoms with Crippen LogP contribution in [0.15, 0.2) is 79.4 Å². The number of Topliss-reactive ketones (excluding diaryl/α,β-unsaturated/α-hetero) is 1. The van der Waals surface area contributed by atoms with E-state index in [4.69, 9.17) is 4.74 Å². The largest absolute Gasteiger partial charge is 0.508 e. The van der Waals surface area contributed by atoms with Gasteiger partial charge >= 0.3 is 0 Å². The van der Waals surface area contributed by atoms with Gasteiger partial charge in [-0.05, 0) is 42.0 Å². The van der Waals surface area contributed by atoms with Crippen LogP contribution < -0.4 is 4.74 Å². The molecule has 6 nitrogen and oxygen atoms in total. The number of phenolic OH excluding ortho intramolecular Hbond substituents is 1. The number of ether oxygens (including phenoxy) is 1. The number of rotatable bonds is 7. The summed E-state index contributed by atoms with van der Waals surface area (Å²) < 4.78 is 5.42. The van der Waals surface area contributed by atoms with Crippen molar-refractivity contribution in [2.24, 2.45) is 0 Å². The molecule has 1 aliphatic heterocycles. The van der Waals surface area contributed by atoms with Gasteiger partial charge in [0.1, 0.15) is 23.9 Å². The van der Waals surface area contributed by atoms with Crippen molar-refractivity contribution < 1.29 is 24.5 Å². The highest BCUT2D eigenvalue weighted by Crippen LogP contribution is 2.39. The Labute approximate surface area is 168 Å². The van der Waals surface area contributed by atoms with Crippen LogP contribution in [-0.2, 0) is 9.59 Å². The zero-order valence-electron chi connectivity index (χ0n) is 15.7. The summed E-state index contributed by atoms with van der Waals surface area (Å²) in [6.45, 7) is 7.71. The van der Waals surface area contributed by atoms with Crippen LogP contribution in [-0.4, -0.2) is 40.0 Å². The first-order valence-electron chi connectivity index (χ1n) is 9.00. The minimum Gasteiger partial charge on any atom is -0.508 e. The molecule has 0 radical (unpaired) electrons. The molecule has 0 spiro atoms. The highest BCUT2D eigenvalue weighted by atomic mass is 16.5. The van der Waals surface area contributed by atoms with Crippen LogP contribution in [0, 0.1) is 0 Å². The Morgan fingerprint density at radius 1 is 1.03 bits per heavy atom. The van der Waals surface area contributed by atoms with Crippen molar-refractivity contribution in [2.45, 2.75) is 6.04 Å². The summed E-state index contributed by atoms with van der Waals surface area (Å²) in [6.07, 6.45) is 3.14. The van der Waals surface area contributed by atoms with Gasteiger partial charge in [0.25, 0.3) is 11.7 Å². The molecule has 1 amide bonds. The predicted molar refractivity (Wildman–Crippen MR) is 109 cm³/mol. The molecule has 2 aromatic rings. The van der Waals surface area contributed by atoms with Crippen LogP contribution in [0.5, 0.6) is 11.5 Å². The third kappa shape index (κ3) is 3.91. The third-order valence-corrected chi connectivity index (χ3v) is 4.57. The number of likely N-dealkylation sites (tertiary alicyclic amines) is 1. The molecule has 3 rings (SSSR count). The SMILES string of the molecule is C=CCOc1ccc(C(O)=C2C(=O)C(=O)N(CC=C)[C@H]2c2ccc(O)cc2)cc1. The minimum absolute atomic E-state index is 0.0118. The molecule has 1 atom stereocenters. The van der Waals surface area contributed by atoms with Crippen LogP contribution in [0.1, 0.15) is 17.2 Å². The molecule has 0 bridgehead atoms. The van der Waals surface area contributed by atoms with Crippen molar-refractivity contribution in [3.8, 4) is 11.5 Å². The topological polar surface area (TPSA) is 87.1 Å². The van der Waals surface area contributed by atoms with Gasteiger partial charge in [0.2, 0.25) is 0 Å². The molecule has 0 unspecified atom stereocenters. The van der Waals surface area contributed by atoms with Crippen molar-refractivity contribution in [1.29, 1.82) is 0 Å². The number of carbonyl (C=O) groups is 2. The second-order valence-electron chi connectivity index (χ2n) is 6.46. The first-order chi connectivity index (χ1) is 14.0. The second-order valence-corrected chi connectivity index (χ2v) is 6.46. The first-order valence-corrected chi connectivity index (χ1v) is 9.00. The molecule has 29 heavy (non-hydrogen) atoms. The smallest absolute Gasteiger partial charge is 0.295 e. The van der Waals surface area contributed by atoms with Gasteiger partial charge in [-0.3, -0.25) is 9.59 Å². The fourth-order valence-corrected chi connectivity index (χ4v) is 3.23. The summed E-state index contributed by atoms with van der Waals surface area (Å²) >= 11 is 0. The average Bonchev–Trinajstić information content (AvgIpc) is 2.98. The number of hydrogen-bond donors (Lipinski definition) is 2.